The van der Waals surface area contributed by atoms with E-state index in [1.165, 1.54) is 18.3 Å². The van der Waals surface area contributed by atoms with Gasteiger partial charge in [0.25, 0.3) is 11.5 Å². The highest BCUT2D eigenvalue weighted by Gasteiger charge is 2.22. The summed E-state index contributed by atoms with van der Waals surface area (Å²) in [5.74, 6) is -0.202. The van der Waals surface area contributed by atoms with E-state index in [2.05, 4.69) is 31.3 Å². The molecular weight excluding hydrogens is 654 g/mol. The first-order valence-electron chi connectivity index (χ1n) is 13.0. The van der Waals surface area contributed by atoms with Gasteiger partial charge in [-0.05, 0) is 70.5 Å². The van der Waals surface area contributed by atoms with Gasteiger partial charge in [0.15, 0.2) is 12.4 Å². The van der Waals surface area contributed by atoms with E-state index in [9.17, 15) is 19.7 Å². The lowest BCUT2D eigenvalue weighted by Crippen LogP contribution is -2.20. The minimum absolute atomic E-state index is 0.147. The van der Waals surface area contributed by atoms with Crippen LogP contribution in [-0.2, 0) is 4.79 Å². The van der Waals surface area contributed by atoms with Gasteiger partial charge in [0.1, 0.15) is 5.58 Å². The summed E-state index contributed by atoms with van der Waals surface area (Å²) in [6.45, 7) is -0.492. The molecule has 0 aliphatic carbocycles. The molecule has 6 rings (SSSR count). The molecule has 0 aliphatic heterocycles. The second-order valence-electron chi connectivity index (χ2n) is 9.41. The summed E-state index contributed by atoms with van der Waals surface area (Å²) in [7, 11) is 0. The molecule has 2 aromatic heterocycles. The van der Waals surface area contributed by atoms with Crippen LogP contribution in [0.4, 0.5) is 11.4 Å². The second-order valence-corrected chi connectivity index (χ2v) is 10.7. The Morgan fingerprint density at radius 1 is 1.09 bits per heavy atom. The first-order chi connectivity index (χ1) is 21.3. The van der Waals surface area contributed by atoms with Gasteiger partial charge in [0, 0.05) is 27.7 Å². The molecule has 0 unspecified atom stereocenters. The third kappa shape index (κ3) is 5.93. The molecule has 0 saturated heterocycles. The minimum Gasteiger partial charge on any atom is -0.476 e. The number of hydrogen-bond acceptors (Lipinski definition) is 8. The van der Waals surface area contributed by atoms with Gasteiger partial charge in [-0.15, -0.1) is 0 Å². The number of fused-ring (bicyclic) bond motifs is 2. The van der Waals surface area contributed by atoms with Crippen molar-refractivity contribution in [3.8, 4) is 17.3 Å². The number of para-hydroxylation sites is 2. The van der Waals surface area contributed by atoms with E-state index in [1.54, 1.807) is 60.7 Å². The molecule has 0 fully saturated rings. The summed E-state index contributed by atoms with van der Waals surface area (Å²) in [5.41, 5.74) is 0.960. The van der Waals surface area contributed by atoms with Crippen molar-refractivity contribution in [2.45, 2.75) is 0 Å². The largest absolute Gasteiger partial charge is 0.476 e. The van der Waals surface area contributed by atoms with Crippen molar-refractivity contribution in [2.75, 3.05) is 11.9 Å². The van der Waals surface area contributed by atoms with E-state index in [0.717, 1.165) is 10.1 Å². The zero-order valence-corrected chi connectivity index (χ0v) is 24.8. The molecule has 0 atom stereocenters. The first-order valence-corrected chi connectivity index (χ1v) is 14.1. The van der Waals surface area contributed by atoms with Gasteiger partial charge in [0.05, 0.1) is 26.5 Å². The maximum atomic E-state index is 13.5. The Labute approximate surface area is 261 Å². The van der Waals surface area contributed by atoms with Crippen LogP contribution < -0.4 is 15.6 Å². The molecule has 2 heterocycles. The second kappa shape index (κ2) is 12.1. The summed E-state index contributed by atoms with van der Waals surface area (Å²) >= 11 is 9.17. The van der Waals surface area contributed by atoms with E-state index in [1.807, 2.05) is 18.2 Å². The highest BCUT2D eigenvalue weighted by molar-refractivity contribution is 9.10. The van der Waals surface area contributed by atoms with Gasteiger partial charge in [0.2, 0.25) is 11.6 Å². The number of amides is 1. The van der Waals surface area contributed by atoms with Gasteiger partial charge in [-0.1, -0.05) is 41.9 Å². The van der Waals surface area contributed by atoms with Gasteiger partial charge in [-0.3, -0.25) is 19.7 Å². The van der Waals surface area contributed by atoms with Crippen molar-refractivity contribution in [3.63, 3.8) is 0 Å². The Morgan fingerprint density at radius 2 is 1.84 bits per heavy atom. The van der Waals surface area contributed by atoms with E-state index in [0.29, 0.717) is 33.0 Å². The van der Waals surface area contributed by atoms with E-state index < -0.39 is 28.7 Å². The SMILES string of the molecule is O=C(COc1c(Br)cc(C=Nn2c(-c3cc4ccccc4o3)nc3ccccc3c2=O)cc1[N+](=O)[O-])Nc1ccc(Cl)cc1. The van der Waals surface area contributed by atoms with Crippen LogP contribution in [-0.4, -0.2) is 33.3 Å². The molecule has 0 bridgehead atoms. The molecule has 0 radical (unpaired) electrons. The lowest BCUT2D eigenvalue weighted by atomic mass is 10.2. The third-order valence-corrected chi connectivity index (χ3v) is 7.28. The summed E-state index contributed by atoms with van der Waals surface area (Å²) < 4.78 is 12.8. The zero-order valence-electron chi connectivity index (χ0n) is 22.4. The number of furan rings is 1. The van der Waals surface area contributed by atoms with E-state index in [-0.39, 0.29) is 21.6 Å². The van der Waals surface area contributed by atoms with Crippen molar-refractivity contribution in [3.05, 3.63) is 127 Å². The Hall–Kier alpha value is -5.33. The molecular formula is C31H19BrClN5O6. The number of nitro groups is 1. The number of ether oxygens (including phenoxy) is 1. The normalized spacial score (nSPS) is 11.3. The Morgan fingerprint density at radius 3 is 2.61 bits per heavy atom. The van der Waals surface area contributed by atoms with E-state index >= 15 is 0 Å². The monoisotopic (exact) mass is 671 g/mol. The number of nitrogens with one attached hydrogen (secondary N) is 1. The summed E-state index contributed by atoms with van der Waals surface area (Å²) in [6.07, 6.45) is 1.29. The number of nitro benzene ring substituents is 1. The number of carbonyl (C=O) groups excluding carboxylic acids is 1. The Balaban J connectivity index is 1.33. The number of hydrogen-bond donors (Lipinski definition) is 1. The van der Waals surface area contributed by atoms with Crippen LogP contribution in [0.15, 0.2) is 110 Å². The van der Waals surface area contributed by atoms with Crippen molar-refractivity contribution < 1.29 is 18.9 Å². The molecule has 4 aromatic carbocycles. The smallest absolute Gasteiger partial charge is 0.312 e. The van der Waals surface area contributed by atoms with Gasteiger partial charge < -0.3 is 14.5 Å². The van der Waals surface area contributed by atoms with E-state index in [4.69, 9.17) is 20.8 Å². The topological polar surface area (TPSA) is 142 Å². The number of aromatic nitrogens is 2. The molecule has 13 heteroatoms. The molecule has 0 spiro atoms. The third-order valence-electron chi connectivity index (χ3n) is 6.44. The van der Waals surface area contributed by atoms with Crippen molar-refractivity contribution >= 4 is 72.9 Å². The predicted octanol–water partition coefficient (Wildman–Crippen LogP) is 7.03. The predicted molar refractivity (Wildman–Crippen MR) is 171 cm³/mol. The van der Waals surface area contributed by atoms with Crippen LogP contribution in [0.3, 0.4) is 0 Å². The van der Waals surface area contributed by atoms with Crippen molar-refractivity contribution in [2.24, 2.45) is 5.10 Å². The first kappa shape index (κ1) is 28.8. The number of nitrogens with zero attached hydrogens (tertiary/aromatic N) is 4. The lowest BCUT2D eigenvalue weighted by molar-refractivity contribution is -0.385. The summed E-state index contributed by atoms with van der Waals surface area (Å²) in [5, 5.41) is 20.6. The molecule has 11 nitrogen and oxygen atoms in total. The number of carbonyl (C=O) groups is 1. The van der Waals surface area contributed by atoms with Gasteiger partial charge in [-0.2, -0.15) is 9.78 Å². The standard InChI is InChI=1S/C31H19BrClN5O6/c32-23-13-18(14-25(38(41)42)29(23)43-17-28(39)35-21-11-9-20(33)10-12-21)16-34-37-30(27-15-19-5-1-4-8-26(19)44-27)36-24-7-3-2-6-22(24)31(37)40/h1-16H,17H2,(H,35,39). The van der Waals surface area contributed by atoms with Crippen LogP contribution >= 0.6 is 27.5 Å². The summed E-state index contributed by atoms with van der Waals surface area (Å²) in [4.78, 5) is 41.9. The Bertz CT molecular complexity index is 2130. The molecule has 1 amide bonds. The number of anilines is 1. The Kier molecular flexibility index (Phi) is 7.92. The summed E-state index contributed by atoms with van der Waals surface area (Å²) in [6, 6.07) is 25.2. The van der Waals surface area contributed by atoms with Crippen LogP contribution in [0.5, 0.6) is 5.75 Å². The number of halogens is 2. The van der Waals surface area contributed by atoms with Crippen LogP contribution in [0.2, 0.25) is 5.02 Å². The lowest BCUT2D eigenvalue weighted by Gasteiger charge is -2.10. The zero-order chi connectivity index (χ0) is 30.8. The average molecular weight is 673 g/mol. The maximum absolute atomic E-state index is 13.5. The highest BCUT2D eigenvalue weighted by atomic mass is 79.9. The number of benzene rings is 4. The fraction of sp³-hybridized carbons (Fsp3) is 0.0323. The fourth-order valence-electron chi connectivity index (χ4n) is 4.43. The molecule has 0 aliphatic rings. The average Bonchev–Trinajstić information content (AvgIpc) is 3.45. The molecule has 0 saturated carbocycles. The van der Waals surface area contributed by atoms with Crippen LogP contribution in [0.1, 0.15) is 5.56 Å². The van der Waals surface area contributed by atoms with Crippen LogP contribution in [0.25, 0.3) is 33.5 Å². The van der Waals surface area contributed by atoms with Crippen molar-refractivity contribution in [1.29, 1.82) is 0 Å². The van der Waals surface area contributed by atoms with Crippen LogP contribution in [0, 0.1) is 10.1 Å². The quantitative estimate of drug-likeness (QED) is 0.104. The van der Waals surface area contributed by atoms with Gasteiger partial charge in [-0.25, -0.2) is 4.98 Å². The molecule has 218 valence electrons. The molecule has 44 heavy (non-hydrogen) atoms. The van der Waals surface area contributed by atoms with Crippen molar-refractivity contribution in [1.82, 2.24) is 9.66 Å². The highest BCUT2D eigenvalue weighted by Crippen LogP contribution is 2.36. The molecule has 1 N–H and O–H groups in total. The van der Waals surface area contributed by atoms with Gasteiger partial charge >= 0.3 is 5.69 Å². The maximum Gasteiger partial charge on any atom is 0.312 e. The fourth-order valence-corrected chi connectivity index (χ4v) is 5.14. The number of rotatable bonds is 8. The minimum atomic E-state index is -0.641. The molecule has 6 aromatic rings.